The highest BCUT2D eigenvalue weighted by Crippen LogP contribution is 2.20. The van der Waals surface area contributed by atoms with Crippen molar-refractivity contribution >= 4 is 12.0 Å². The van der Waals surface area contributed by atoms with Crippen LogP contribution in [0.4, 0.5) is 18.9 Å². The summed E-state index contributed by atoms with van der Waals surface area (Å²) in [5, 5.41) is 0. The molecule has 0 bridgehead atoms. The lowest BCUT2D eigenvalue weighted by atomic mass is 10.2. The van der Waals surface area contributed by atoms with Gasteiger partial charge in [0.25, 0.3) is 0 Å². The minimum absolute atomic E-state index is 0.429. The molecule has 0 aromatic heterocycles. The molecule has 0 heterocycles. The van der Waals surface area contributed by atoms with Gasteiger partial charge in [-0.2, -0.15) is 13.2 Å². The van der Waals surface area contributed by atoms with Crippen molar-refractivity contribution in [2.24, 2.45) is 0 Å². The van der Waals surface area contributed by atoms with Gasteiger partial charge in [0.2, 0.25) is 0 Å². The monoisotopic (exact) mass is 217 g/mol. The Morgan fingerprint density at radius 1 is 1.27 bits per heavy atom. The fourth-order valence-corrected chi connectivity index (χ4v) is 1.17. The first-order valence-electron chi connectivity index (χ1n) is 4.25. The molecule has 0 amide bonds. The van der Waals surface area contributed by atoms with Gasteiger partial charge in [0, 0.05) is 18.3 Å². The zero-order valence-electron chi connectivity index (χ0n) is 8.08. The Hall–Kier alpha value is -1.52. The number of aldehydes is 1. The maximum absolute atomic E-state index is 12.0. The summed E-state index contributed by atoms with van der Waals surface area (Å²) in [7, 11) is 1.35. The van der Waals surface area contributed by atoms with Crippen LogP contribution >= 0.6 is 0 Å². The lowest BCUT2D eigenvalue weighted by Crippen LogP contribution is -2.30. The summed E-state index contributed by atoms with van der Waals surface area (Å²) in [6, 6.07) is 5.93. The first-order chi connectivity index (χ1) is 6.92. The minimum Gasteiger partial charge on any atom is -0.366 e. The number of anilines is 1. The van der Waals surface area contributed by atoms with Crippen LogP contribution in [-0.2, 0) is 0 Å². The molecule has 5 heteroatoms. The number of carbonyl (C=O) groups is 1. The zero-order chi connectivity index (χ0) is 11.5. The summed E-state index contributed by atoms with van der Waals surface area (Å²) in [5.74, 6) is 0. The Bertz CT molecular complexity index is 332. The summed E-state index contributed by atoms with van der Waals surface area (Å²) in [6.07, 6.45) is -3.58. The molecule has 0 atom stereocenters. The molecule has 0 unspecified atom stereocenters. The Labute approximate surface area is 85.3 Å². The largest absolute Gasteiger partial charge is 0.405 e. The van der Waals surface area contributed by atoms with Gasteiger partial charge in [-0.25, -0.2) is 0 Å². The van der Waals surface area contributed by atoms with Gasteiger partial charge in [0.1, 0.15) is 12.8 Å². The average molecular weight is 217 g/mol. The van der Waals surface area contributed by atoms with Crippen LogP contribution in [0.25, 0.3) is 0 Å². The first-order valence-corrected chi connectivity index (χ1v) is 4.25. The normalized spacial score (nSPS) is 11.2. The summed E-state index contributed by atoms with van der Waals surface area (Å²) >= 11 is 0. The van der Waals surface area contributed by atoms with Crippen molar-refractivity contribution < 1.29 is 18.0 Å². The van der Waals surface area contributed by atoms with Gasteiger partial charge in [-0.15, -0.1) is 0 Å². The lowest BCUT2D eigenvalue weighted by Gasteiger charge is -2.20. The number of hydrogen-bond acceptors (Lipinski definition) is 2. The van der Waals surface area contributed by atoms with Crippen LogP contribution in [0.2, 0.25) is 0 Å². The van der Waals surface area contributed by atoms with Crippen LogP contribution < -0.4 is 4.90 Å². The maximum Gasteiger partial charge on any atom is 0.405 e. The van der Waals surface area contributed by atoms with Gasteiger partial charge in [-0.3, -0.25) is 4.79 Å². The van der Waals surface area contributed by atoms with E-state index in [9.17, 15) is 18.0 Å². The Morgan fingerprint density at radius 3 is 2.20 bits per heavy atom. The highest BCUT2D eigenvalue weighted by atomic mass is 19.4. The predicted molar refractivity (Wildman–Crippen MR) is 51.2 cm³/mol. The maximum atomic E-state index is 12.0. The number of halogens is 3. The Morgan fingerprint density at radius 2 is 1.80 bits per heavy atom. The fourth-order valence-electron chi connectivity index (χ4n) is 1.17. The fraction of sp³-hybridized carbons (Fsp3) is 0.300. The molecule has 1 aromatic carbocycles. The van der Waals surface area contributed by atoms with Gasteiger partial charge in [-0.1, -0.05) is 0 Å². The van der Waals surface area contributed by atoms with E-state index in [1.54, 1.807) is 0 Å². The van der Waals surface area contributed by atoms with E-state index in [-0.39, 0.29) is 0 Å². The SMILES string of the molecule is CN(CC(F)(F)F)c1ccc(C=O)cc1. The molecule has 0 saturated heterocycles. The lowest BCUT2D eigenvalue weighted by molar-refractivity contribution is -0.119. The smallest absolute Gasteiger partial charge is 0.366 e. The second-order valence-electron chi connectivity index (χ2n) is 3.18. The number of benzene rings is 1. The third-order valence-corrected chi connectivity index (χ3v) is 1.89. The zero-order valence-corrected chi connectivity index (χ0v) is 8.08. The molecular formula is C10H10F3NO. The van der Waals surface area contributed by atoms with Crippen molar-refractivity contribution in [1.29, 1.82) is 0 Å². The molecule has 0 fully saturated rings. The molecule has 0 spiro atoms. The quantitative estimate of drug-likeness (QED) is 0.725. The van der Waals surface area contributed by atoms with E-state index in [1.807, 2.05) is 0 Å². The van der Waals surface area contributed by atoms with Crippen LogP contribution in [0.15, 0.2) is 24.3 Å². The summed E-state index contributed by atoms with van der Waals surface area (Å²) in [4.78, 5) is 11.4. The average Bonchev–Trinajstić information content (AvgIpc) is 2.15. The van der Waals surface area contributed by atoms with Crippen molar-refractivity contribution in [1.82, 2.24) is 0 Å². The second-order valence-corrected chi connectivity index (χ2v) is 3.18. The van der Waals surface area contributed by atoms with Crippen LogP contribution in [0.5, 0.6) is 0 Å². The number of rotatable bonds is 3. The Kier molecular flexibility index (Phi) is 3.34. The van der Waals surface area contributed by atoms with Gasteiger partial charge in [0.05, 0.1) is 0 Å². The first kappa shape index (κ1) is 11.6. The summed E-state index contributed by atoms with van der Waals surface area (Å²) < 4.78 is 36.1. The molecule has 1 aromatic rings. The van der Waals surface area contributed by atoms with E-state index >= 15 is 0 Å². The van der Waals surface area contributed by atoms with Crippen molar-refractivity contribution in [3.8, 4) is 0 Å². The third-order valence-electron chi connectivity index (χ3n) is 1.89. The van der Waals surface area contributed by atoms with Crippen molar-refractivity contribution in [3.63, 3.8) is 0 Å². The van der Waals surface area contributed by atoms with Gasteiger partial charge in [0.15, 0.2) is 0 Å². The topological polar surface area (TPSA) is 20.3 Å². The second kappa shape index (κ2) is 4.33. The molecular weight excluding hydrogens is 207 g/mol. The molecule has 0 aliphatic carbocycles. The highest BCUT2D eigenvalue weighted by Gasteiger charge is 2.29. The van der Waals surface area contributed by atoms with Crippen molar-refractivity contribution in [2.45, 2.75) is 6.18 Å². The minimum atomic E-state index is -4.22. The molecule has 0 N–H and O–H groups in total. The molecule has 15 heavy (non-hydrogen) atoms. The van der Waals surface area contributed by atoms with E-state index < -0.39 is 12.7 Å². The molecule has 0 radical (unpaired) electrons. The standard InChI is InChI=1S/C10H10F3NO/c1-14(7-10(11,12)13)9-4-2-8(6-15)3-5-9/h2-6H,7H2,1H3. The van der Waals surface area contributed by atoms with Gasteiger partial charge in [-0.05, 0) is 24.3 Å². The van der Waals surface area contributed by atoms with Crippen LogP contribution in [0.3, 0.4) is 0 Å². The van der Waals surface area contributed by atoms with Gasteiger partial charge < -0.3 is 4.90 Å². The van der Waals surface area contributed by atoms with Crippen LogP contribution in [0.1, 0.15) is 10.4 Å². The van der Waals surface area contributed by atoms with E-state index in [0.29, 0.717) is 17.5 Å². The third kappa shape index (κ3) is 3.61. The number of hydrogen-bond donors (Lipinski definition) is 0. The molecule has 1 rings (SSSR count). The number of alkyl halides is 3. The molecule has 82 valence electrons. The van der Waals surface area contributed by atoms with Crippen molar-refractivity contribution in [2.75, 3.05) is 18.5 Å². The van der Waals surface area contributed by atoms with Gasteiger partial charge >= 0.3 is 6.18 Å². The number of nitrogens with zero attached hydrogens (tertiary/aromatic N) is 1. The van der Waals surface area contributed by atoms with E-state index in [0.717, 1.165) is 4.90 Å². The van der Waals surface area contributed by atoms with Crippen molar-refractivity contribution in [3.05, 3.63) is 29.8 Å². The van der Waals surface area contributed by atoms with E-state index in [1.165, 1.54) is 31.3 Å². The predicted octanol–water partition coefficient (Wildman–Crippen LogP) is 2.50. The van der Waals surface area contributed by atoms with E-state index in [2.05, 4.69) is 0 Å². The number of carbonyl (C=O) groups excluding carboxylic acids is 1. The molecule has 2 nitrogen and oxygen atoms in total. The molecule has 0 aliphatic heterocycles. The van der Waals surface area contributed by atoms with Crippen LogP contribution in [-0.4, -0.2) is 26.1 Å². The Balaban J connectivity index is 2.74. The summed E-state index contributed by atoms with van der Waals surface area (Å²) in [6.45, 7) is -1.01. The van der Waals surface area contributed by atoms with E-state index in [4.69, 9.17) is 0 Å². The summed E-state index contributed by atoms with van der Waals surface area (Å²) in [5.41, 5.74) is 0.872. The molecule has 0 aliphatic rings. The molecule has 0 saturated carbocycles. The highest BCUT2D eigenvalue weighted by molar-refractivity contribution is 5.75. The van der Waals surface area contributed by atoms with Crippen LogP contribution in [0, 0.1) is 0 Å².